The van der Waals surface area contributed by atoms with Crippen LogP contribution in [0.3, 0.4) is 0 Å². The smallest absolute Gasteiger partial charge is 0.407 e. The number of amides is 2. The summed E-state index contributed by atoms with van der Waals surface area (Å²) in [7, 11) is 0. The van der Waals surface area contributed by atoms with Gasteiger partial charge in [-0.1, -0.05) is 17.6 Å². The fourth-order valence-corrected chi connectivity index (χ4v) is 3.71. The summed E-state index contributed by atoms with van der Waals surface area (Å²) < 4.78 is 9.99. The van der Waals surface area contributed by atoms with Crippen LogP contribution in [0.4, 0.5) is 4.79 Å². The van der Waals surface area contributed by atoms with Gasteiger partial charge < -0.3 is 25.0 Å². The van der Waals surface area contributed by atoms with E-state index in [0.29, 0.717) is 18.0 Å². The van der Waals surface area contributed by atoms with E-state index in [-0.39, 0.29) is 25.2 Å². The second-order valence-electron chi connectivity index (χ2n) is 6.83. The van der Waals surface area contributed by atoms with Gasteiger partial charge in [0.2, 0.25) is 0 Å². The molecule has 0 atom stereocenters. The molecule has 1 fully saturated rings. The minimum Gasteiger partial charge on any atom is -0.447 e. The average Bonchev–Trinajstić information content (AvgIpc) is 3.37. The molecule has 29 heavy (non-hydrogen) atoms. The van der Waals surface area contributed by atoms with E-state index in [1.165, 1.54) is 11.3 Å². The molecule has 3 rings (SSSR count). The van der Waals surface area contributed by atoms with Gasteiger partial charge in [0, 0.05) is 25.7 Å². The van der Waals surface area contributed by atoms with Crippen molar-refractivity contribution in [1.29, 1.82) is 0 Å². The van der Waals surface area contributed by atoms with Gasteiger partial charge in [0.15, 0.2) is 11.5 Å². The predicted octanol–water partition coefficient (Wildman–Crippen LogP) is 1.71. The topological polar surface area (TPSA) is 117 Å². The summed E-state index contributed by atoms with van der Waals surface area (Å²) in [5.74, 6) is 0.385. The van der Waals surface area contributed by atoms with Crippen LogP contribution in [-0.2, 0) is 4.74 Å². The summed E-state index contributed by atoms with van der Waals surface area (Å²) >= 11 is 1.54. The molecule has 0 unspecified atom stereocenters. The number of carbonyl (C=O) groups excluding carboxylic acids is 2. The maximum atomic E-state index is 12.1. The van der Waals surface area contributed by atoms with Crippen LogP contribution in [0.15, 0.2) is 28.1 Å². The fraction of sp³-hybridized carbons (Fsp3) is 0.526. The number of hydrogen-bond donors (Lipinski definition) is 3. The number of nitrogens with zero attached hydrogens (tertiary/aromatic N) is 2. The monoisotopic (exact) mass is 422 g/mol. The molecule has 158 valence electrons. The zero-order valence-corrected chi connectivity index (χ0v) is 17.0. The first kappa shape index (κ1) is 21.3. The predicted molar refractivity (Wildman–Crippen MR) is 108 cm³/mol. The lowest BCUT2D eigenvalue weighted by atomic mass is 10.1. The zero-order valence-electron chi connectivity index (χ0n) is 16.1. The normalized spacial score (nSPS) is 14.4. The van der Waals surface area contributed by atoms with Crippen molar-refractivity contribution in [3.63, 3.8) is 0 Å². The highest BCUT2D eigenvalue weighted by atomic mass is 32.1. The van der Waals surface area contributed by atoms with Crippen molar-refractivity contribution in [1.82, 2.24) is 20.7 Å². The zero-order chi connectivity index (χ0) is 20.5. The molecule has 10 heteroatoms. The first-order valence-electron chi connectivity index (χ1n) is 9.71. The number of nitrogens with one attached hydrogen (secondary N) is 2. The van der Waals surface area contributed by atoms with Crippen LogP contribution >= 0.6 is 11.3 Å². The van der Waals surface area contributed by atoms with E-state index in [2.05, 4.69) is 20.7 Å². The Balaban J connectivity index is 1.21. The lowest BCUT2D eigenvalue weighted by molar-refractivity contribution is 0.0888. The molecule has 3 heterocycles. The number of carbonyl (C=O) groups is 2. The van der Waals surface area contributed by atoms with E-state index in [4.69, 9.17) is 14.4 Å². The van der Waals surface area contributed by atoms with Gasteiger partial charge in [-0.05, 0) is 30.8 Å². The number of thiophene rings is 1. The Morgan fingerprint density at radius 2 is 2.21 bits per heavy atom. The quantitative estimate of drug-likeness (QED) is 0.472. The molecular weight excluding hydrogens is 396 g/mol. The minimum atomic E-state index is -0.478. The van der Waals surface area contributed by atoms with E-state index in [1.54, 1.807) is 6.07 Å². The molecule has 9 nitrogen and oxygen atoms in total. The molecule has 0 radical (unpaired) electrons. The van der Waals surface area contributed by atoms with Crippen LogP contribution in [0.2, 0.25) is 0 Å². The molecule has 1 saturated heterocycles. The van der Waals surface area contributed by atoms with Crippen LogP contribution in [0.25, 0.3) is 10.6 Å². The second-order valence-corrected chi connectivity index (χ2v) is 7.78. The molecule has 0 saturated carbocycles. The average molecular weight is 423 g/mol. The standard InChI is InChI=1S/C19H26N4O5S/c24-8-9-27-19(26)21-14-12-23(13-14)7-3-1-2-6-20-18(25)15-11-16(28-22-15)17-5-4-10-29-17/h4-5,10-11,14,24H,1-3,6-9,12-13H2,(H,20,25)(H,21,26). The highest BCUT2D eigenvalue weighted by Gasteiger charge is 2.27. The highest BCUT2D eigenvalue weighted by Crippen LogP contribution is 2.25. The Hall–Kier alpha value is -2.43. The molecule has 1 aliphatic heterocycles. The third kappa shape index (κ3) is 6.55. The van der Waals surface area contributed by atoms with Gasteiger partial charge >= 0.3 is 6.09 Å². The van der Waals surface area contributed by atoms with Gasteiger partial charge in [-0.15, -0.1) is 11.3 Å². The van der Waals surface area contributed by atoms with Crippen molar-refractivity contribution in [2.75, 3.05) is 39.4 Å². The summed E-state index contributed by atoms with van der Waals surface area (Å²) in [6.45, 7) is 3.03. The molecule has 0 aliphatic carbocycles. The fourth-order valence-electron chi connectivity index (χ4n) is 3.04. The lowest BCUT2D eigenvalue weighted by Crippen LogP contribution is -2.59. The molecule has 2 aromatic rings. The van der Waals surface area contributed by atoms with Crippen LogP contribution in [-0.4, -0.2) is 72.6 Å². The highest BCUT2D eigenvalue weighted by molar-refractivity contribution is 7.13. The molecule has 0 aromatic carbocycles. The van der Waals surface area contributed by atoms with Crippen molar-refractivity contribution in [2.24, 2.45) is 0 Å². The number of likely N-dealkylation sites (tertiary alicyclic amines) is 1. The van der Waals surface area contributed by atoms with Gasteiger partial charge in [0.1, 0.15) is 6.61 Å². The van der Waals surface area contributed by atoms with Crippen molar-refractivity contribution in [2.45, 2.75) is 25.3 Å². The van der Waals surface area contributed by atoms with Gasteiger partial charge in [-0.3, -0.25) is 9.69 Å². The van der Waals surface area contributed by atoms with Crippen LogP contribution in [0.5, 0.6) is 0 Å². The number of hydrogen-bond acceptors (Lipinski definition) is 8. The largest absolute Gasteiger partial charge is 0.447 e. The van der Waals surface area contributed by atoms with E-state index in [1.807, 2.05) is 17.5 Å². The molecule has 3 N–H and O–H groups in total. The van der Waals surface area contributed by atoms with Crippen LogP contribution in [0.1, 0.15) is 29.8 Å². The molecule has 2 amide bonds. The third-order valence-corrected chi connectivity index (χ3v) is 5.43. The van der Waals surface area contributed by atoms with Crippen molar-refractivity contribution < 1.29 is 24.0 Å². The van der Waals surface area contributed by atoms with Crippen LogP contribution in [0, 0.1) is 0 Å². The minimum absolute atomic E-state index is 0.0191. The van der Waals surface area contributed by atoms with Crippen molar-refractivity contribution >= 4 is 23.3 Å². The maximum absolute atomic E-state index is 12.1. The molecular formula is C19H26N4O5S. The molecule has 2 aromatic heterocycles. The van der Waals surface area contributed by atoms with Crippen LogP contribution < -0.4 is 10.6 Å². The third-order valence-electron chi connectivity index (χ3n) is 4.55. The maximum Gasteiger partial charge on any atom is 0.407 e. The van der Waals surface area contributed by atoms with Gasteiger partial charge in [-0.2, -0.15) is 0 Å². The summed E-state index contributed by atoms with van der Waals surface area (Å²) in [6.07, 6.45) is 2.45. The number of ether oxygens (including phenoxy) is 1. The number of rotatable bonds is 11. The summed E-state index contributed by atoms with van der Waals surface area (Å²) in [5.41, 5.74) is 0.296. The number of aliphatic hydroxyl groups excluding tert-OH is 1. The SMILES string of the molecule is O=C(NC1CN(CCCCCNC(=O)c2cc(-c3cccs3)on2)C1)OCCO. The van der Waals surface area contributed by atoms with Crippen molar-refractivity contribution in [3.05, 3.63) is 29.3 Å². The van der Waals surface area contributed by atoms with Gasteiger partial charge in [-0.25, -0.2) is 4.79 Å². The summed E-state index contributed by atoms with van der Waals surface area (Å²) in [4.78, 5) is 26.7. The first-order chi connectivity index (χ1) is 14.2. The number of aliphatic hydroxyl groups is 1. The Labute approximate surface area is 173 Å². The van der Waals surface area contributed by atoms with Crippen molar-refractivity contribution in [3.8, 4) is 10.6 Å². The van der Waals surface area contributed by atoms with E-state index >= 15 is 0 Å². The molecule has 0 bridgehead atoms. The van der Waals surface area contributed by atoms with E-state index < -0.39 is 6.09 Å². The number of unbranched alkanes of at least 4 members (excludes halogenated alkanes) is 2. The summed E-state index contributed by atoms with van der Waals surface area (Å²) in [5, 5.41) is 20.0. The first-order valence-corrected chi connectivity index (χ1v) is 10.6. The lowest BCUT2D eigenvalue weighted by Gasteiger charge is -2.39. The number of aromatic nitrogens is 1. The van der Waals surface area contributed by atoms with E-state index in [9.17, 15) is 9.59 Å². The van der Waals surface area contributed by atoms with E-state index in [0.717, 1.165) is 43.8 Å². The Kier molecular flexibility index (Phi) is 8.03. The van der Waals surface area contributed by atoms with Gasteiger partial charge in [0.25, 0.3) is 5.91 Å². The number of alkyl carbamates (subject to hydrolysis) is 1. The molecule has 1 aliphatic rings. The second kappa shape index (κ2) is 10.9. The Bertz CT molecular complexity index is 773. The Morgan fingerprint density at radius 1 is 1.34 bits per heavy atom. The Morgan fingerprint density at radius 3 is 2.97 bits per heavy atom. The van der Waals surface area contributed by atoms with Gasteiger partial charge in [0.05, 0.1) is 17.5 Å². The summed E-state index contributed by atoms with van der Waals surface area (Å²) in [6, 6.07) is 5.62. The molecule has 0 spiro atoms.